The summed E-state index contributed by atoms with van der Waals surface area (Å²) >= 11 is 0. The van der Waals surface area contributed by atoms with E-state index in [9.17, 15) is 0 Å². The third kappa shape index (κ3) is 4.37. The first-order valence-corrected chi connectivity index (χ1v) is 6.27. The predicted molar refractivity (Wildman–Crippen MR) is 72.0 cm³/mol. The fourth-order valence-electron chi connectivity index (χ4n) is 1.46. The van der Waals surface area contributed by atoms with Gasteiger partial charge in [-0.15, -0.1) is 0 Å². The summed E-state index contributed by atoms with van der Waals surface area (Å²) in [6, 6.07) is 0. The monoisotopic (exact) mass is 254 g/mol. The molecule has 18 heavy (non-hydrogen) atoms. The van der Waals surface area contributed by atoms with E-state index in [4.69, 9.17) is 15.2 Å². The van der Waals surface area contributed by atoms with E-state index < -0.39 is 0 Å². The molecule has 0 unspecified atom stereocenters. The Morgan fingerprint density at radius 2 is 2.00 bits per heavy atom. The van der Waals surface area contributed by atoms with E-state index in [0.29, 0.717) is 29.8 Å². The third-order valence-corrected chi connectivity index (χ3v) is 2.27. The van der Waals surface area contributed by atoms with Crippen molar-refractivity contribution in [3.8, 4) is 5.88 Å². The number of nitrogens with zero attached hydrogens (tertiary/aromatic N) is 2. The van der Waals surface area contributed by atoms with Crippen molar-refractivity contribution in [2.75, 3.05) is 37.4 Å². The summed E-state index contributed by atoms with van der Waals surface area (Å²) < 4.78 is 10.6. The highest BCUT2D eigenvalue weighted by atomic mass is 16.5. The van der Waals surface area contributed by atoms with Gasteiger partial charge >= 0.3 is 0 Å². The van der Waals surface area contributed by atoms with Gasteiger partial charge in [0.1, 0.15) is 11.5 Å². The van der Waals surface area contributed by atoms with Gasteiger partial charge in [-0.25, -0.2) is 4.98 Å². The Hall–Kier alpha value is -1.56. The summed E-state index contributed by atoms with van der Waals surface area (Å²) in [5, 5.41) is 3.18. The van der Waals surface area contributed by atoms with E-state index in [0.717, 1.165) is 26.2 Å². The number of ether oxygens (including phenoxy) is 2. The molecular weight excluding hydrogens is 232 g/mol. The van der Waals surface area contributed by atoms with Crippen LogP contribution in [0.15, 0.2) is 0 Å². The molecule has 6 heteroatoms. The van der Waals surface area contributed by atoms with E-state index >= 15 is 0 Å². The zero-order chi connectivity index (χ0) is 13.4. The van der Waals surface area contributed by atoms with E-state index in [1.54, 1.807) is 0 Å². The van der Waals surface area contributed by atoms with Gasteiger partial charge in [-0.05, 0) is 27.2 Å². The molecule has 0 amide bonds. The van der Waals surface area contributed by atoms with Crippen molar-refractivity contribution in [2.45, 2.75) is 27.2 Å². The van der Waals surface area contributed by atoms with Gasteiger partial charge < -0.3 is 20.5 Å². The van der Waals surface area contributed by atoms with Crippen LogP contribution < -0.4 is 15.8 Å². The number of hydrogen-bond acceptors (Lipinski definition) is 6. The Bertz CT molecular complexity index is 371. The molecule has 3 N–H and O–H groups in total. The smallest absolute Gasteiger partial charge is 0.242 e. The minimum Gasteiger partial charge on any atom is -0.476 e. The summed E-state index contributed by atoms with van der Waals surface area (Å²) in [4.78, 5) is 8.42. The van der Waals surface area contributed by atoms with Crippen LogP contribution in [0, 0.1) is 6.92 Å². The SMILES string of the molecule is CCOCCCNc1nc(C)nc(OCC)c1N. The van der Waals surface area contributed by atoms with Crippen LogP contribution in [-0.4, -0.2) is 36.3 Å². The zero-order valence-electron chi connectivity index (χ0n) is 11.3. The van der Waals surface area contributed by atoms with Crippen molar-refractivity contribution in [1.29, 1.82) is 0 Å². The van der Waals surface area contributed by atoms with Crippen molar-refractivity contribution < 1.29 is 9.47 Å². The third-order valence-electron chi connectivity index (χ3n) is 2.27. The Kier molecular flexibility index (Phi) is 6.21. The first-order chi connectivity index (χ1) is 8.69. The molecule has 0 aliphatic rings. The minimum absolute atomic E-state index is 0.442. The molecule has 102 valence electrons. The molecule has 0 atom stereocenters. The van der Waals surface area contributed by atoms with Crippen LogP contribution in [0.3, 0.4) is 0 Å². The molecular formula is C12H22N4O2. The van der Waals surface area contributed by atoms with Crippen LogP contribution in [-0.2, 0) is 4.74 Å². The number of rotatable bonds is 8. The molecule has 0 aliphatic heterocycles. The molecule has 0 radical (unpaired) electrons. The maximum atomic E-state index is 5.94. The van der Waals surface area contributed by atoms with Gasteiger partial charge in [0, 0.05) is 19.8 Å². The number of aromatic nitrogens is 2. The Morgan fingerprint density at radius 3 is 2.67 bits per heavy atom. The second-order valence-electron chi connectivity index (χ2n) is 3.75. The Labute approximate surface area is 108 Å². The van der Waals surface area contributed by atoms with Gasteiger partial charge in [0.25, 0.3) is 0 Å². The molecule has 0 fully saturated rings. The van der Waals surface area contributed by atoms with Crippen LogP contribution in [0.2, 0.25) is 0 Å². The number of aryl methyl sites for hydroxylation is 1. The van der Waals surface area contributed by atoms with Gasteiger partial charge in [0.05, 0.1) is 6.61 Å². The van der Waals surface area contributed by atoms with Gasteiger partial charge in [-0.2, -0.15) is 4.98 Å². The zero-order valence-corrected chi connectivity index (χ0v) is 11.3. The van der Waals surface area contributed by atoms with Gasteiger partial charge in [0.15, 0.2) is 5.82 Å². The highest BCUT2D eigenvalue weighted by Gasteiger charge is 2.10. The van der Waals surface area contributed by atoms with E-state index in [2.05, 4.69) is 15.3 Å². The van der Waals surface area contributed by atoms with Crippen LogP contribution in [0.25, 0.3) is 0 Å². The highest BCUT2D eigenvalue weighted by Crippen LogP contribution is 2.25. The molecule has 0 bridgehead atoms. The minimum atomic E-state index is 0.442. The number of nitrogens with two attached hydrogens (primary N) is 1. The normalized spacial score (nSPS) is 10.4. The average Bonchev–Trinajstić information content (AvgIpc) is 2.34. The molecule has 6 nitrogen and oxygen atoms in total. The molecule has 0 aromatic carbocycles. The van der Waals surface area contributed by atoms with Gasteiger partial charge in [0.2, 0.25) is 5.88 Å². The molecule has 1 aromatic rings. The summed E-state index contributed by atoms with van der Waals surface area (Å²) in [5.74, 6) is 1.71. The number of nitrogen functional groups attached to an aromatic ring is 1. The standard InChI is InChI=1S/C12H22N4O2/c1-4-17-8-6-7-14-11-10(13)12(18-5-2)16-9(3)15-11/h4-8,13H2,1-3H3,(H,14,15,16). The maximum absolute atomic E-state index is 5.94. The fourth-order valence-corrected chi connectivity index (χ4v) is 1.46. The van der Waals surface area contributed by atoms with E-state index in [1.807, 2.05) is 20.8 Å². The summed E-state index contributed by atoms with van der Waals surface area (Å²) in [7, 11) is 0. The Balaban J connectivity index is 2.58. The number of nitrogens with one attached hydrogen (secondary N) is 1. The van der Waals surface area contributed by atoms with E-state index in [1.165, 1.54) is 0 Å². The topological polar surface area (TPSA) is 82.3 Å². The molecule has 1 heterocycles. The quantitative estimate of drug-likeness (QED) is 0.686. The fraction of sp³-hybridized carbons (Fsp3) is 0.667. The second kappa shape index (κ2) is 7.71. The van der Waals surface area contributed by atoms with Crippen molar-refractivity contribution in [2.24, 2.45) is 0 Å². The van der Waals surface area contributed by atoms with Crippen molar-refractivity contribution in [1.82, 2.24) is 9.97 Å². The first-order valence-electron chi connectivity index (χ1n) is 6.27. The average molecular weight is 254 g/mol. The molecule has 0 aliphatic carbocycles. The van der Waals surface area contributed by atoms with Crippen LogP contribution in [0.5, 0.6) is 5.88 Å². The van der Waals surface area contributed by atoms with Crippen LogP contribution >= 0.6 is 0 Å². The second-order valence-corrected chi connectivity index (χ2v) is 3.75. The summed E-state index contributed by atoms with van der Waals surface area (Å²) in [6.07, 6.45) is 0.903. The van der Waals surface area contributed by atoms with E-state index in [-0.39, 0.29) is 0 Å². The molecule has 1 rings (SSSR count). The lowest BCUT2D eigenvalue weighted by Crippen LogP contribution is -2.11. The first kappa shape index (κ1) is 14.5. The van der Waals surface area contributed by atoms with Gasteiger partial charge in [-0.1, -0.05) is 0 Å². The largest absolute Gasteiger partial charge is 0.476 e. The van der Waals surface area contributed by atoms with Gasteiger partial charge in [-0.3, -0.25) is 0 Å². The predicted octanol–water partition coefficient (Wildman–Crippen LogP) is 1.60. The molecule has 0 saturated heterocycles. The lowest BCUT2D eigenvalue weighted by atomic mass is 10.4. The lowest BCUT2D eigenvalue weighted by Gasteiger charge is -2.12. The maximum Gasteiger partial charge on any atom is 0.242 e. The molecule has 0 saturated carbocycles. The molecule has 0 spiro atoms. The summed E-state index contributed by atoms with van der Waals surface area (Å²) in [5.41, 5.74) is 6.39. The van der Waals surface area contributed by atoms with Crippen molar-refractivity contribution in [3.63, 3.8) is 0 Å². The van der Waals surface area contributed by atoms with Crippen LogP contribution in [0.4, 0.5) is 11.5 Å². The van der Waals surface area contributed by atoms with Crippen molar-refractivity contribution >= 4 is 11.5 Å². The van der Waals surface area contributed by atoms with Crippen LogP contribution in [0.1, 0.15) is 26.1 Å². The Morgan fingerprint density at radius 1 is 1.22 bits per heavy atom. The van der Waals surface area contributed by atoms with Crippen molar-refractivity contribution in [3.05, 3.63) is 5.82 Å². The summed E-state index contributed by atoms with van der Waals surface area (Å²) in [6.45, 7) is 8.44. The molecule has 1 aromatic heterocycles. The highest BCUT2D eigenvalue weighted by molar-refractivity contribution is 5.66. The lowest BCUT2D eigenvalue weighted by molar-refractivity contribution is 0.147. The number of hydrogen-bond donors (Lipinski definition) is 2. The number of anilines is 2.